The van der Waals surface area contributed by atoms with Crippen LogP contribution in [0, 0.1) is 0 Å². The first-order chi connectivity index (χ1) is 4.43. The topological polar surface area (TPSA) is 51.2 Å². The van der Waals surface area contributed by atoms with Crippen molar-refractivity contribution in [2.75, 3.05) is 18.4 Å². The molecule has 1 aromatic heterocycles. The average Bonchev–Trinajstić information content (AvgIpc) is 2.34. The number of rotatable bonds is 3. The molecule has 0 fully saturated rings. The summed E-state index contributed by atoms with van der Waals surface area (Å²) in [6.07, 6.45) is 1.62. The molecule has 0 bridgehead atoms. The molecule has 0 aliphatic heterocycles. The van der Waals surface area contributed by atoms with E-state index in [1.54, 1.807) is 6.26 Å². The Balaban J connectivity index is 2.30. The summed E-state index contributed by atoms with van der Waals surface area (Å²) in [4.78, 5) is 0. The van der Waals surface area contributed by atoms with Crippen LogP contribution in [-0.4, -0.2) is 13.1 Å². The van der Waals surface area contributed by atoms with Gasteiger partial charge < -0.3 is 15.5 Å². The maximum Gasteiger partial charge on any atom is 0.192 e. The molecule has 0 saturated carbocycles. The zero-order valence-electron chi connectivity index (χ0n) is 5.13. The molecule has 1 heterocycles. The molecular formula is C6H10N2O. The molecule has 0 aromatic carbocycles. The van der Waals surface area contributed by atoms with E-state index < -0.39 is 0 Å². The van der Waals surface area contributed by atoms with Crippen LogP contribution >= 0.6 is 0 Å². The summed E-state index contributed by atoms with van der Waals surface area (Å²) in [7, 11) is 0. The summed E-state index contributed by atoms with van der Waals surface area (Å²) in [5, 5.41) is 2.98. The second kappa shape index (κ2) is 3.14. The number of furan rings is 1. The molecule has 0 atom stereocenters. The highest BCUT2D eigenvalue weighted by molar-refractivity contribution is 5.29. The highest BCUT2D eigenvalue weighted by Gasteiger charge is 1.88. The fourth-order valence-electron chi connectivity index (χ4n) is 0.575. The van der Waals surface area contributed by atoms with E-state index in [4.69, 9.17) is 10.2 Å². The smallest absolute Gasteiger partial charge is 0.192 e. The zero-order valence-corrected chi connectivity index (χ0v) is 5.13. The van der Waals surface area contributed by atoms with Gasteiger partial charge in [0.2, 0.25) is 0 Å². The van der Waals surface area contributed by atoms with E-state index in [1.165, 1.54) is 0 Å². The zero-order chi connectivity index (χ0) is 6.53. The maximum absolute atomic E-state index is 5.24. The molecule has 0 amide bonds. The summed E-state index contributed by atoms with van der Waals surface area (Å²) in [5.41, 5.74) is 5.24. The van der Waals surface area contributed by atoms with Crippen LogP contribution in [0.15, 0.2) is 22.8 Å². The third-order valence-corrected chi connectivity index (χ3v) is 0.965. The van der Waals surface area contributed by atoms with Crippen LogP contribution in [0.5, 0.6) is 0 Å². The van der Waals surface area contributed by atoms with Gasteiger partial charge in [0.25, 0.3) is 0 Å². The summed E-state index contributed by atoms with van der Waals surface area (Å²) < 4.78 is 4.97. The molecule has 3 N–H and O–H groups in total. The van der Waals surface area contributed by atoms with E-state index in [0.29, 0.717) is 6.54 Å². The fourth-order valence-corrected chi connectivity index (χ4v) is 0.575. The molecule has 3 nitrogen and oxygen atoms in total. The molecule has 0 unspecified atom stereocenters. The lowest BCUT2D eigenvalue weighted by molar-refractivity contribution is 0.579. The van der Waals surface area contributed by atoms with Crippen molar-refractivity contribution in [1.29, 1.82) is 0 Å². The number of anilines is 1. The van der Waals surface area contributed by atoms with Gasteiger partial charge in [0.1, 0.15) is 0 Å². The van der Waals surface area contributed by atoms with E-state index in [-0.39, 0.29) is 0 Å². The van der Waals surface area contributed by atoms with Gasteiger partial charge >= 0.3 is 0 Å². The Bertz CT molecular complexity index is 148. The minimum atomic E-state index is 0.626. The van der Waals surface area contributed by atoms with Gasteiger partial charge in [0, 0.05) is 19.2 Å². The maximum atomic E-state index is 5.24. The summed E-state index contributed by atoms with van der Waals surface area (Å²) in [6, 6.07) is 3.69. The van der Waals surface area contributed by atoms with Gasteiger partial charge in [0.05, 0.1) is 6.26 Å². The Morgan fingerprint density at radius 2 is 2.56 bits per heavy atom. The lowest BCUT2D eigenvalue weighted by Crippen LogP contribution is -2.12. The number of hydrogen-bond acceptors (Lipinski definition) is 3. The van der Waals surface area contributed by atoms with Crippen molar-refractivity contribution in [3.05, 3.63) is 18.4 Å². The van der Waals surface area contributed by atoms with Gasteiger partial charge in [-0.15, -0.1) is 0 Å². The van der Waals surface area contributed by atoms with E-state index in [0.717, 1.165) is 12.4 Å². The third-order valence-electron chi connectivity index (χ3n) is 0.965. The van der Waals surface area contributed by atoms with Crippen LogP contribution in [0.3, 0.4) is 0 Å². The molecule has 0 spiro atoms. The Labute approximate surface area is 53.8 Å². The van der Waals surface area contributed by atoms with E-state index in [9.17, 15) is 0 Å². The lowest BCUT2D eigenvalue weighted by Gasteiger charge is -1.96. The predicted octanol–water partition coefficient (Wildman–Crippen LogP) is 0.650. The van der Waals surface area contributed by atoms with Gasteiger partial charge in [-0.05, 0) is 6.07 Å². The van der Waals surface area contributed by atoms with E-state index in [1.807, 2.05) is 12.1 Å². The van der Waals surface area contributed by atoms with Crippen molar-refractivity contribution in [1.82, 2.24) is 0 Å². The SMILES string of the molecule is NCCNc1ccco1. The molecule has 0 saturated heterocycles. The van der Waals surface area contributed by atoms with Crippen LogP contribution in [-0.2, 0) is 0 Å². The van der Waals surface area contributed by atoms with Crippen LogP contribution in [0.25, 0.3) is 0 Å². The third kappa shape index (κ3) is 1.77. The Morgan fingerprint density at radius 1 is 1.67 bits per heavy atom. The standard InChI is InChI=1S/C6H10N2O/c7-3-4-8-6-2-1-5-9-6/h1-2,5,8H,3-4,7H2. The Hall–Kier alpha value is -0.960. The fraction of sp³-hybridized carbons (Fsp3) is 0.333. The molecule has 0 radical (unpaired) electrons. The van der Waals surface area contributed by atoms with Gasteiger partial charge in [-0.2, -0.15) is 0 Å². The Kier molecular flexibility index (Phi) is 2.15. The van der Waals surface area contributed by atoms with Crippen molar-refractivity contribution in [3.63, 3.8) is 0 Å². The minimum absolute atomic E-state index is 0.626. The lowest BCUT2D eigenvalue weighted by atomic mass is 10.6. The molecular weight excluding hydrogens is 116 g/mol. The van der Waals surface area contributed by atoms with Crippen LogP contribution in [0.4, 0.5) is 5.88 Å². The highest BCUT2D eigenvalue weighted by atomic mass is 16.3. The highest BCUT2D eigenvalue weighted by Crippen LogP contribution is 2.04. The first-order valence-corrected chi connectivity index (χ1v) is 2.91. The summed E-state index contributed by atoms with van der Waals surface area (Å²) in [6.45, 7) is 1.38. The number of nitrogens with one attached hydrogen (secondary N) is 1. The van der Waals surface area contributed by atoms with Crippen LogP contribution < -0.4 is 11.1 Å². The molecule has 50 valence electrons. The average molecular weight is 126 g/mol. The molecule has 0 aliphatic carbocycles. The minimum Gasteiger partial charge on any atom is -0.449 e. The molecule has 3 heteroatoms. The number of nitrogens with two attached hydrogens (primary N) is 1. The van der Waals surface area contributed by atoms with Crippen molar-refractivity contribution in [2.45, 2.75) is 0 Å². The largest absolute Gasteiger partial charge is 0.449 e. The molecule has 1 aromatic rings. The quantitative estimate of drug-likeness (QED) is 0.625. The van der Waals surface area contributed by atoms with Crippen molar-refractivity contribution in [2.24, 2.45) is 5.73 Å². The Morgan fingerprint density at radius 3 is 3.11 bits per heavy atom. The van der Waals surface area contributed by atoms with Crippen LogP contribution in [0.1, 0.15) is 0 Å². The van der Waals surface area contributed by atoms with Gasteiger partial charge in [-0.1, -0.05) is 0 Å². The van der Waals surface area contributed by atoms with Crippen molar-refractivity contribution >= 4 is 5.88 Å². The van der Waals surface area contributed by atoms with Crippen LogP contribution in [0.2, 0.25) is 0 Å². The normalized spacial score (nSPS) is 9.44. The van der Waals surface area contributed by atoms with E-state index in [2.05, 4.69) is 5.32 Å². The van der Waals surface area contributed by atoms with Crippen molar-refractivity contribution < 1.29 is 4.42 Å². The molecule has 9 heavy (non-hydrogen) atoms. The second-order valence-corrected chi connectivity index (χ2v) is 1.69. The monoisotopic (exact) mass is 126 g/mol. The first kappa shape index (κ1) is 6.16. The molecule has 0 aliphatic rings. The molecule has 1 rings (SSSR count). The van der Waals surface area contributed by atoms with E-state index >= 15 is 0 Å². The predicted molar refractivity (Wildman–Crippen MR) is 36.3 cm³/mol. The summed E-state index contributed by atoms with van der Waals surface area (Å²) >= 11 is 0. The van der Waals surface area contributed by atoms with Crippen molar-refractivity contribution in [3.8, 4) is 0 Å². The van der Waals surface area contributed by atoms with Gasteiger partial charge in [-0.25, -0.2) is 0 Å². The summed E-state index contributed by atoms with van der Waals surface area (Å²) in [5.74, 6) is 0.778. The van der Waals surface area contributed by atoms with Gasteiger partial charge in [0.15, 0.2) is 5.88 Å². The number of hydrogen-bond donors (Lipinski definition) is 2. The van der Waals surface area contributed by atoms with Gasteiger partial charge in [-0.3, -0.25) is 0 Å². The first-order valence-electron chi connectivity index (χ1n) is 2.91. The second-order valence-electron chi connectivity index (χ2n) is 1.69.